The van der Waals surface area contributed by atoms with Crippen LogP contribution in [0.25, 0.3) is 0 Å². The van der Waals surface area contributed by atoms with Gasteiger partial charge in [-0.15, -0.1) is 0 Å². The van der Waals surface area contributed by atoms with Crippen molar-refractivity contribution in [1.82, 2.24) is 10.6 Å². The van der Waals surface area contributed by atoms with Gasteiger partial charge < -0.3 is 51.6 Å². The number of amides is 2. The lowest BCUT2D eigenvalue weighted by Crippen LogP contribution is -2.63. The van der Waals surface area contributed by atoms with E-state index in [1.165, 1.54) is 0 Å². The summed E-state index contributed by atoms with van der Waals surface area (Å²) in [4.78, 5) is 35.4. The van der Waals surface area contributed by atoms with E-state index in [2.05, 4.69) is 10.6 Å². The van der Waals surface area contributed by atoms with Crippen LogP contribution in [0.2, 0.25) is 0 Å². The second-order valence-corrected chi connectivity index (χ2v) is 7.42. The second-order valence-electron chi connectivity index (χ2n) is 7.42. The van der Waals surface area contributed by atoms with Crippen LogP contribution < -0.4 is 22.1 Å². The largest absolute Gasteiger partial charge is 0.463 e. The van der Waals surface area contributed by atoms with Crippen LogP contribution in [0.1, 0.15) is 26.7 Å². The highest BCUT2D eigenvalue weighted by atomic mass is 16.6. The van der Waals surface area contributed by atoms with E-state index in [0.717, 1.165) is 0 Å². The Kier molecular flexibility index (Phi) is 11.3. The lowest BCUT2D eigenvalue weighted by molar-refractivity contribution is -0.264. The number of hydrogen-bond donors (Lipinski definition) is 7. The van der Waals surface area contributed by atoms with Crippen molar-refractivity contribution in [1.29, 1.82) is 0 Å². The molecular formula is C18H34N4O9. The Morgan fingerprint density at radius 3 is 2.42 bits per heavy atom. The van der Waals surface area contributed by atoms with Crippen molar-refractivity contribution >= 4 is 17.8 Å². The highest BCUT2D eigenvalue weighted by Gasteiger charge is 2.44. The molecule has 31 heavy (non-hydrogen) atoms. The van der Waals surface area contributed by atoms with E-state index in [1.54, 1.807) is 20.9 Å². The quantitative estimate of drug-likeness (QED) is 0.142. The van der Waals surface area contributed by atoms with Crippen LogP contribution >= 0.6 is 0 Å². The third-order valence-corrected chi connectivity index (χ3v) is 4.91. The fraction of sp³-hybridized carbons (Fsp3) is 0.833. The van der Waals surface area contributed by atoms with Gasteiger partial charge in [-0.1, -0.05) is 0 Å². The average Bonchev–Trinajstić information content (AvgIpc) is 2.73. The number of esters is 1. The van der Waals surface area contributed by atoms with Crippen molar-refractivity contribution < 1.29 is 43.9 Å². The summed E-state index contributed by atoms with van der Waals surface area (Å²) in [5.74, 6) is -1.86. The molecule has 1 rings (SSSR count). The number of aliphatic hydroxyl groups is 3. The SMILES string of the molecule is CN[C@@H](C)C(=O)N[C@H](CCC(=O)OCC(C)O[C@@H]1[C@@H](N)[C@@H](O)O[C@H](CO)[C@H]1O)C(N)=O. The molecule has 0 aromatic carbocycles. The molecule has 13 heteroatoms. The molecule has 1 fully saturated rings. The number of ether oxygens (including phenoxy) is 3. The van der Waals surface area contributed by atoms with E-state index in [0.29, 0.717) is 0 Å². The zero-order valence-electron chi connectivity index (χ0n) is 17.9. The van der Waals surface area contributed by atoms with Crippen molar-refractivity contribution in [2.45, 2.75) is 75.5 Å². The fourth-order valence-electron chi connectivity index (χ4n) is 2.84. The minimum atomic E-state index is -1.44. The van der Waals surface area contributed by atoms with Crippen molar-refractivity contribution in [3.8, 4) is 0 Å². The van der Waals surface area contributed by atoms with Crippen LogP contribution in [0, 0.1) is 0 Å². The highest BCUT2D eigenvalue weighted by Crippen LogP contribution is 2.22. The Morgan fingerprint density at radius 2 is 1.87 bits per heavy atom. The molecule has 0 spiro atoms. The first-order chi connectivity index (χ1) is 14.5. The van der Waals surface area contributed by atoms with E-state index < -0.39 is 73.2 Å². The van der Waals surface area contributed by atoms with E-state index >= 15 is 0 Å². The average molecular weight is 450 g/mol. The van der Waals surface area contributed by atoms with Gasteiger partial charge in [-0.2, -0.15) is 0 Å². The van der Waals surface area contributed by atoms with Crippen molar-refractivity contribution in [2.24, 2.45) is 11.5 Å². The number of likely N-dealkylation sites (N-methyl/N-ethyl adjacent to an activating group) is 1. The van der Waals surface area contributed by atoms with Crippen molar-refractivity contribution in [2.75, 3.05) is 20.3 Å². The Bertz CT molecular complexity index is 609. The smallest absolute Gasteiger partial charge is 0.305 e. The van der Waals surface area contributed by atoms with E-state index in [4.69, 9.17) is 25.7 Å². The van der Waals surface area contributed by atoms with E-state index in [-0.39, 0.29) is 19.4 Å². The highest BCUT2D eigenvalue weighted by molar-refractivity contribution is 5.89. The zero-order valence-corrected chi connectivity index (χ0v) is 17.9. The number of carbonyl (C=O) groups is 3. The molecule has 1 saturated heterocycles. The van der Waals surface area contributed by atoms with Crippen LogP contribution in [0.4, 0.5) is 0 Å². The lowest BCUT2D eigenvalue weighted by Gasteiger charge is -2.41. The van der Waals surface area contributed by atoms with Gasteiger partial charge in [0.1, 0.15) is 31.0 Å². The summed E-state index contributed by atoms with van der Waals surface area (Å²) in [6.45, 7) is 2.43. The molecule has 2 amide bonds. The van der Waals surface area contributed by atoms with Gasteiger partial charge in [-0.3, -0.25) is 14.4 Å². The summed E-state index contributed by atoms with van der Waals surface area (Å²) in [7, 11) is 1.58. The summed E-state index contributed by atoms with van der Waals surface area (Å²) in [6.07, 6.45) is -5.78. The maximum atomic E-state index is 12.0. The number of primary amides is 1. The number of hydrogen-bond acceptors (Lipinski definition) is 11. The van der Waals surface area contributed by atoms with Gasteiger partial charge in [0, 0.05) is 6.42 Å². The maximum Gasteiger partial charge on any atom is 0.305 e. The molecule has 0 aromatic heterocycles. The number of rotatable bonds is 12. The minimum Gasteiger partial charge on any atom is -0.463 e. The summed E-state index contributed by atoms with van der Waals surface area (Å²) in [5.41, 5.74) is 11.1. The normalized spacial score (nSPS) is 28.9. The fourth-order valence-corrected chi connectivity index (χ4v) is 2.84. The molecule has 0 bridgehead atoms. The van der Waals surface area contributed by atoms with E-state index in [9.17, 15) is 29.7 Å². The van der Waals surface area contributed by atoms with Crippen LogP contribution in [-0.4, -0.2) is 102 Å². The summed E-state index contributed by atoms with van der Waals surface area (Å²) in [6, 6.07) is -2.64. The molecule has 0 radical (unpaired) electrons. The minimum absolute atomic E-state index is 0.0422. The van der Waals surface area contributed by atoms with Gasteiger partial charge in [0.05, 0.1) is 24.8 Å². The monoisotopic (exact) mass is 450 g/mol. The molecule has 1 aliphatic rings. The summed E-state index contributed by atoms with van der Waals surface area (Å²) < 4.78 is 15.7. The third kappa shape index (κ3) is 8.29. The van der Waals surface area contributed by atoms with Gasteiger partial charge in [-0.05, 0) is 27.3 Å². The van der Waals surface area contributed by atoms with Crippen LogP contribution in [0.3, 0.4) is 0 Å². The molecule has 1 heterocycles. The number of nitrogens with one attached hydrogen (secondary N) is 2. The van der Waals surface area contributed by atoms with Gasteiger partial charge in [0.25, 0.3) is 0 Å². The molecule has 1 unspecified atom stereocenters. The first kappa shape index (κ1) is 27.2. The topological polar surface area (TPSA) is 216 Å². The third-order valence-electron chi connectivity index (χ3n) is 4.91. The Labute approximate surface area is 180 Å². The molecule has 0 aliphatic carbocycles. The van der Waals surface area contributed by atoms with Crippen LogP contribution in [-0.2, 0) is 28.6 Å². The zero-order chi connectivity index (χ0) is 23.7. The summed E-state index contributed by atoms with van der Waals surface area (Å²) in [5, 5.41) is 34.3. The molecule has 13 nitrogen and oxygen atoms in total. The van der Waals surface area contributed by atoms with Gasteiger partial charge in [-0.25, -0.2) is 0 Å². The molecule has 9 N–H and O–H groups in total. The van der Waals surface area contributed by atoms with Gasteiger partial charge in [0.2, 0.25) is 11.8 Å². The lowest BCUT2D eigenvalue weighted by atomic mass is 9.97. The van der Waals surface area contributed by atoms with E-state index in [1.807, 2.05) is 0 Å². The Balaban J connectivity index is 2.48. The van der Waals surface area contributed by atoms with Crippen molar-refractivity contribution in [3.05, 3.63) is 0 Å². The predicted octanol–water partition coefficient (Wildman–Crippen LogP) is -3.94. The molecular weight excluding hydrogens is 416 g/mol. The first-order valence-electron chi connectivity index (χ1n) is 9.97. The number of carbonyl (C=O) groups excluding carboxylic acids is 3. The number of nitrogens with two attached hydrogens (primary N) is 2. The van der Waals surface area contributed by atoms with Gasteiger partial charge in [0.15, 0.2) is 6.29 Å². The van der Waals surface area contributed by atoms with Crippen LogP contribution in [0.5, 0.6) is 0 Å². The first-order valence-corrected chi connectivity index (χ1v) is 9.97. The molecule has 0 saturated carbocycles. The standard InChI is InChI=1S/C18H34N4O9/c1-8(30-15-13(19)18(28)31-11(6-23)14(15)25)7-29-12(24)5-4-10(16(20)26)22-17(27)9(2)21-3/h8-11,13-15,18,21,23,25,28H,4-7,19H2,1-3H3,(H2,20,26)(H,22,27)/t8?,9-,10+,11+,13+,14+,15+,18-/m0/s1. The van der Waals surface area contributed by atoms with Crippen molar-refractivity contribution in [3.63, 3.8) is 0 Å². The summed E-state index contributed by atoms with van der Waals surface area (Å²) >= 11 is 0. The Morgan fingerprint density at radius 1 is 1.23 bits per heavy atom. The van der Waals surface area contributed by atoms with Gasteiger partial charge >= 0.3 is 5.97 Å². The maximum absolute atomic E-state index is 12.0. The molecule has 8 atom stereocenters. The second kappa shape index (κ2) is 12.9. The van der Waals surface area contributed by atoms with Crippen LogP contribution in [0.15, 0.2) is 0 Å². The molecule has 180 valence electrons. The predicted molar refractivity (Wildman–Crippen MR) is 106 cm³/mol. The molecule has 1 aliphatic heterocycles. The number of aliphatic hydroxyl groups excluding tert-OH is 3. The Hall–Kier alpha value is -1.87. The molecule has 0 aromatic rings.